The molecule has 1 heterocycles. The molecule has 2 N–H and O–H groups in total. The van der Waals surface area contributed by atoms with E-state index in [9.17, 15) is 4.79 Å². The molecular formula is C14H15BN3O2. The molecule has 0 atom stereocenters. The summed E-state index contributed by atoms with van der Waals surface area (Å²) in [5, 5.41) is 19.7. The van der Waals surface area contributed by atoms with Gasteiger partial charge in [-0.2, -0.15) is 10.2 Å². The maximum atomic E-state index is 11.9. The number of benzene rings is 1. The Balaban J connectivity index is 1.76. The highest BCUT2D eigenvalue weighted by atomic mass is 16.2. The number of hydrogen-bond acceptors (Lipinski definition) is 4. The first-order valence-electron chi connectivity index (χ1n) is 6.42. The number of carbonyl (C=O) groups excluding carboxylic acids is 1. The Morgan fingerprint density at radius 2 is 2.05 bits per heavy atom. The smallest absolute Gasteiger partial charge is 0.326 e. The van der Waals surface area contributed by atoms with E-state index in [-0.39, 0.29) is 11.6 Å². The number of nitrogens with one attached hydrogen (secondary N) is 1. The summed E-state index contributed by atoms with van der Waals surface area (Å²) in [7, 11) is 0.993. The summed E-state index contributed by atoms with van der Waals surface area (Å²) in [6, 6.07) is 6.68. The SMILES string of the molecule is C#CCCC1(CCNC(=O)c2ccc([B]O)cc2)N=N1. The molecule has 6 heteroatoms. The highest BCUT2D eigenvalue weighted by molar-refractivity contribution is 6.45. The second-order valence-electron chi connectivity index (χ2n) is 4.64. The maximum Gasteiger partial charge on any atom is 0.326 e. The number of nitrogens with zero attached hydrogens (tertiary/aromatic N) is 2. The molecular weight excluding hydrogens is 253 g/mol. The first kappa shape index (κ1) is 14.3. The van der Waals surface area contributed by atoms with Crippen LogP contribution in [0.15, 0.2) is 34.5 Å². The second-order valence-corrected chi connectivity index (χ2v) is 4.64. The van der Waals surface area contributed by atoms with Crippen molar-refractivity contribution < 1.29 is 9.82 Å². The zero-order valence-corrected chi connectivity index (χ0v) is 11.0. The van der Waals surface area contributed by atoms with Crippen LogP contribution >= 0.6 is 0 Å². The Bertz CT molecular complexity index is 543. The molecule has 0 saturated heterocycles. The van der Waals surface area contributed by atoms with Gasteiger partial charge in [-0.3, -0.25) is 4.79 Å². The Morgan fingerprint density at radius 3 is 2.60 bits per heavy atom. The minimum atomic E-state index is -0.366. The molecule has 1 aromatic rings. The van der Waals surface area contributed by atoms with E-state index in [1.807, 2.05) is 0 Å². The maximum absolute atomic E-state index is 11.9. The van der Waals surface area contributed by atoms with Gasteiger partial charge in [-0.25, -0.2) is 0 Å². The molecule has 1 aliphatic rings. The summed E-state index contributed by atoms with van der Waals surface area (Å²) in [5.74, 6) is 2.42. The van der Waals surface area contributed by atoms with Crippen molar-refractivity contribution in [2.45, 2.75) is 24.9 Å². The molecule has 1 aliphatic heterocycles. The number of carbonyl (C=O) groups is 1. The lowest BCUT2D eigenvalue weighted by Crippen LogP contribution is -2.28. The van der Waals surface area contributed by atoms with Crippen molar-refractivity contribution in [3.8, 4) is 12.3 Å². The number of terminal acetylenes is 1. The Kier molecular flexibility index (Phi) is 4.54. The van der Waals surface area contributed by atoms with Gasteiger partial charge in [0.1, 0.15) is 0 Å². The van der Waals surface area contributed by atoms with Crippen molar-refractivity contribution in [2.24, 2.45) is 10.2 Å². The molecule has 1 aromatic carbocycles. The molecule has 1 radical (unpaired) electrons. The summed E-state index contributed by atoms with van der Waals surface area (Å²) < 4.78 is 0. The third-order valence-corrected chi connectivity index (χ3v) is 3.19. The predicted molar refractivity (Wildman–Crippen MR) is 76.7 cm³/mol. The predicted octanol–water partition coefficient (Wildman–Crippen LogP) is 0.619. The van der Waals surface area contributed by atoms with Crippen LogP contribution in [0.1, 0.15) is 29.6 Å². The van der Waals surface area contributed by atoms with Crippen molar-refractivity contribution in [3.63, 3.8) is 0 Å². The first-order chi connectivity index (χ1) is 9.69. The van der Waals surface area contributed by atoms with Gasteiger partial charge in [0.25, 0.3) is 5.91 Å². The summed E-state index contributed by atoms with van der Waals surface area (Å²) in [6.45, 7) is 0.504. The molecule has 101 valence electrons. The van der Waals surface area contributed by atoms with Crippen LogP contribution in [0.4, 0.5) is 0 Å². The minimum absolute atomic E-state index is 0.151. The summed E-state index contributed by atoms with van der Waals surface area (Å²) in [4.78, 5) is 11.9. The third kappa shape index (κ3) is 3.68. The van der Waals surface area contributed by atoms with Crippen LogP contribution < -0.4 is 10.8 Å². The molecule has 0 aliphatic carbocycles. The van der Waals surface area contributed by atoms with Crippen LogP contribution in [-0.2, 0) is 0 Å². The van der Waals surface area contributed by atoms with Gasteiger partial charge in [0.15, 0.2) is 5.66 Å². The molecule has 0 unspecified atom stereocenters. The fraction of sp³-hybridized carbons (Fsp3) is 0.357. The van der Waals surface area contributed by atoms with Crippen LogP contribution in [-0.4, -0.2) is 30.6 Å². The van der Waals surface area contributed by atoms with Gasteiger partial charge in [0, 0.05) is 31.4 Å². The molecule has 2 rings (SSSR count). The van der Waals surface area contributed by atoms with Gasteiger partial charge in [-0.05, 0) is 12.1 Å². The van der Waals surface area contributed by atoms with Crippen LogP contribution in [0.2, 0.25) is 0 Å². The summed E-state index contributed by atoms with van der Waals surface area (Å²) in [6.07, 6.45) is 7.26. The lowest BCUT2D eigenvalue weighted by atomic mass is 9.88. The monoisotopic (exact) mass is 268 g/mol. The van der Waals surface area contributed by atoms with E-state index in [0.717, 1.165) is 13.9 Å². The average Bonchev–Trinajstić information content (AvgIpc) is 3.25. The molecule has 0 spiro atoms. The first-order valence-corrected chi connectivity index (χ1v) is 6.42. The quantitative estimate of drug-likeness (QED) is 0.562. The molecule has 0 aromatic heterocycles. The van der Waals surface area contributed by atoms with Gasteiger partial charge in [-0.15, -0.1) is 12.3 Å². The topological polar surface area (TPSA) is 74.0 Å². The second kappa shape index (κ2) is 6.35. The normalized spacial score (nSPS) is 14.4. The fourth-order valence-electron chi connectivity index (χ4n) is 1.87. The molecule has 0 bridgehead atoms. The molecule has 0 fully saturated rings. The minimum Gasteiger partial charge on any atom is -0.450 e. The van der Waals surface area contributed by atoms with Gasteiger partial charge < -0.3 is 10.3 Å². The van der Waals surface area contributed by atoms with E-state index in [0.29, 0.717) is 30.4 Å². The van der Waals surface area contributed by atoms with E-state index in [2.05, 4.69) is 21.5 Å². The third-order valence-electron chi connectivity index (χ3n) is 3.19. The largest absolute Gasteiger partial charge is 0.450 e. The van der Waals surface area contributed by atoms with Gasteiger partial charge >= 0.3 is 7.48 Å². The van der Waals surface area contributed by atoms with E-state index in [1.54, 1.807) is 24.3 Å². The molecule has 0 saturated carbocycles. The number of amides is 1. The Morgan fingerprint density at radius 1 is 1.35 bits per heavy atom. The van der Waals surface area contributed by atoms with Crippen LogP contribution in [0, 0.1) is 12.3 Å². The molecule has 20 heavy (non-hydrogen) atoms. The van der Waals surface area contributed by atoms with Crippen LogP contribution in [0.5, 0.6) is 0 Å². The fourth-order valence-corrected chi connectivity index (χ4v) is 1.87. The van der Waals surface area contributed by atoms with Gasteiger partial charge in [0.05, 0.1) is 0 Å². The summed E-state index contributed by atoms with van der Waals surface area (Å²) in [5.41, 5.74) is 0.846. The van der Waals surface area contributed by atoms with Crippen LogP contribution in [0.25, 0.3) is 0 Å². The van der Waals surface area contributed by atoms with Crippen LogP contribution in [0.3, 0.4) is 0 Å². The van der Waals surface area contributed by atoms with Crippen molar-refractivity contribution in [1.82, 2.24) is 5.32 Å². The zero-order chi connectivity index (χ0) is 14.4. The van der Waals surface area contributed by atoms with Gasteiger partial charge in [0.2, 0.25) is 0 Å². The van der Waals surface area contributed by atoms with E-state index < -0.39 is 0 Å². The summed E-state index contributed by atoms with van der Waals surface area (Å²) >= 11 is 0. The standard InChI is InChI=1S/C14H15BN3O2/c1-2-3-8-14(17-18-14)9-10-16-13(19)11-4-6-12(15-20)7-5-11/h1,4-7,20H,3,8-10H2,(H,16,19). The molecule has 5 nitrogen and oxygen atoms in total. The number of hydrogen-bond donors (Lipinski definition) is 2. The Hall–Kier alpha value is -2.13. The molecule has 1 amide bonds. The average molecular weight is 268 g/mol. The van der Waals surface area contributed by atoms with Crippen molar-refractivity contribution in [3.05, 3.63) is 29.8 Å². The highest BCUT2D eigenvalue weighted by Crippen LogP contribution is 2.35. The Labute approximate surface area is 118 Å². The zero-order valence-electron chi connectivity index (χ0n) is 11.0. The number of rotatable bonds is 7. The van der Waals surface area contributed by atoms with Crippen molar-refractivity contribution >= 4 is 18.9 Å². The van der Waals surface area contributed by atoms with Crippen molar-refractivity contribution in [1.29, 1.82) is 0 Å². The highest BCUT2D eigenvalue weighted by Gasteiger charge is 2.38. The van der Waals surface area contributed by atoms with E-state index >= 15 is 0 Å². The lowest BCUT2D eigenvalue weighted by molar-refractivity contribution is 0.0952. The van der Waals surface area contributed by atoms with E-state index in [1.165, 1.54) is 0 Å². The van der Waals surface area contributed by atoms with Crippen molar-refractivity contribution in [2.75, 3.05) is 6.54 Å². The van der Waals surface area contributed by atoms with Gasteiger partial charge in [-0.1, -0.05) is 17.6 Å². The van der Waals surface area contributed by atoms with E-state index in [4.69, 9.17) is 11.4 Å². The lowest BCUT2D eigenvalue weighted by Gasteiger charge is -2.10.